The Morgan fingerprint density at radius 3 is 2.74 bits per heavy atom. The van der Waals surface area contributed by atoms with Gasteiger partial charge in [0, 0.05) is 55.2 Å². The van der Waals surface area contributed by atoms with Gasteiger partial charge in [0.05, 0.1) is 37.2 Å². The lowest BCUT2D eigenvalue weighted by Gasteiger charge is -2.24. The lowest BCUT2D eigenvalue weighted by atomic mass is 10.1. The summed E-state index contributed by atoms with van der Waals surface area (Å²) in [6.07, 6.45) is 5.37. The molecule has 0 bridgehead atoms. The van der Waals surface area contributed by atoms with Crippen LogP contribution in [0.15, 0.2) is 46.5 Å². The third-order valence-electron chi connectivity index (χ3n) is 6.47. The molecule has 0 spiro atoms. The molecule has 5 rings (SSSR count). The summed E-state index contributed by atoms with van der Waals surface area (Å²) < 4.78 is 41.4. The molecule has 3 aromatic rings. The van der Waals surface area contributed by atoms with E-state index in [-0.39, 0.29) is 28.8 Å². The molecule has 2 aliphatic rings. The predicted octanol–water partition coefficient (Wildman–Crippen LogP) is 3.91. The lowest BCUT2D eigenvalue weighted by molar-refractivity contribution is -0.119. The Labute approximate surface area is 231 Å². The quantitative estimate of drug-likeness (QED) is 0.349. The molecule has 2 aromatic heterocycles. The summed E-state index contributed by atoms with van der Waals surface area (Å²) in [6.45, 7) is 1.87. The molecule has 2 aliphatic heterocycles. The maximum Gasteiger partial charge on any atom is 0.192 e. The van der Waals surface area contributed by atoms with Crippen LogP contribution in [0.2, 0.25) is 0 Å². The number of rotatable bonds is 11. The monoisotopic (exact) mass is 573 g/mol. The number of hydrogen-bond acceptors (Lipinski definition) is 10. The number of ether oxygens (including phenoxy) is 3. The largest absolute Gasteiger partial charge is 0.488 e. The minimum Gasteiger partial charge on any atom is -0.488 e. The number of nitrogens with zero attached hydrogens (tertiary/aromatic N) is 2. The number of Topliss-reactive ketones (excluding diaryl/α,β-unsaturated/α-hetero) is 1. The van der Waals surface area contributed by atoms with Crippen LogP contribution in [-0.4, -0.2) is 78.3 Å². The molecule has 39 heavy (non-hydrogen) atoms. The standard InChI is InChI=1S/C27H31N3O7S2/c1-39(33,34)25-5-4-20(15-28-25)36-21-11-17-12-23(27-29-16-22(38-27)13-18(32)3-2-8-31)30-26(17)24(14-21)37-19-6-9-35-10-7-19/h4-5,11-12,14-15,19,22,30-31H,2-3,6-10,13,16H2,1H3. The average molecular weight is 574 g/mol. The van der Waals surface area contributed by atoms with Crippen LogP contribution in [0, 0.1) is 0 Å². The van der Waals surface area contributed by atoms with Gasteiger partial charge in [-0.25, -0.2) is 13.4 Å². The van der Waals surface area contributed by atoms with Crippen molar-refractivity contribution in [3.05, 3.63) is 42.2 Å². The SMILES string of the molecule is CS(=O)(=O)c1ccc(Oc2cc(OC3CCOCC3)c3[nH]c(C4=NCC(CC(=O)CCCO)S4)cc3c2)cn1. The van der Waals surface area contributed by atoms with Gasteiger partial charge in [-0.05, 0) is 30.7 Å². The number of aliphatic imine (C=N–C) groups is 1. The van der Waals surface area contributed by atoms with Gasteiger partial charge in [-0.15, -0.1) is 0 Å². The first kappa shape index (κ1) is 27.6. The second-order valence-corrected chi connectivity index (χ2v) is 12.9. The normalized spacial score (nSPS) is 18.3. The van der Waals surface area contributed by atoms with Crippen LogP contribution in [0.3, 0.4) is 0 Å². The number of aliphatic hydroxyl groups excluding tert-OH is 1. The molecule has 1 saturated heterocycles. The van der Waals surface area contributed by atoms with Crippen molar-refractivity contribution in [2.45, 2.75) is 48.5 Å². The molecule has 1 fully saturated rings. The zero-order valence-electron chi connectivity index (χ0n) is 21.6. The molecule has 1 atom stereocenters. The highest BCUT2D eigenvalue weighted by molar-refractivity contribution is 8.15. The third-order valence-corrected chi connectivity index (χ3v) is 8.69. The van der Waals surface area contributed by atoms with E-state index in [0.717, 1.165) is 40.7 Å². The number of aromatic amines is 1. The summed E-state index contributed by atoms with van der Waals surface area (Å²) >= 11 is 1.58. The van der Waals surface area contributed by atoms with Crippen LogP contribution < -0.4 is 9.47 Å². The van der Waals surface area contributed by atoms with Crippen LogP contribution in [0.5, 0.6) is 17.2 Å². The minimum atomic E-state index is -3.41. The van der Waals surface area contributed by atoms with E-state index in [2.05, 4.69) is 15.0 Å². The highest BCUT2D eigenvalue weighted by Gasteiger charge is 2.25. The van der Waals surface area contributed by atoms with Crippen LogP contribution in [0.1, 0.15) is 37.8 Å². The van der Waals surface area contributed by atoms with Crippen molar-refractivity contribution in [1.29, 1.82) is 0 Å². The van der Waals surface area contributed by atoms with Gasteiger partial charge >= 0.3 is 0 Å². The number of sulfone groups is 1. The van der Waals surface area contributed by atoms with Crippen molar-refractivity contribution in [3.63, 3.8) is 0 Å². The van der Waals surface area contributed by atoms with Gasteiger partial charge in [-0.2, -0.15) is 0 Å². The molecule has 0 amide bonds. The van der Waals surface area contributed by atoms with E-state index < -0.39 is 9.84 Å². The van der Waals surface area contributed by atoms with Crippen molar-refractivity contribution >= 4 is 43.3 Å². The lowest BCUT2D eigenvalue weighted by Crippen LogP contribution is -2.25. The summed E-state index contributed by atoms with van der Waals surface area (Å²) in [7, 11) is -3.41. The maximum absolute atomic E-state index is 12.2. The van der Waals surface area contributed by atoms with Crippen LogP contribution in [0.25, 0.3) is 10.9 Å². The fraction of sp³-hybridized carbons (Fsp3) is 0.444. The highest BCUT2D eigenvalue weighted by atomic mass is 32.2. The first-order chi connectivity index (χ1) is 18.8. The smallest absolute Gasteiger partial charge is 0.192 e. The first-order valence-corrected chi connectivity index (χ1v) is 15.6. The Kier molecular flexibility index (Phi) is 8.55. The number of benzene rings is 1. The number of H-pyrrole nitrogens is 1. The van der Waals surface area contributed by atoms with Gasteiger partial charge in [0.15, 0.2) is 14.9 Å². The van der Waals surface area contributed by atoms with E-state index in [1.807, 2.05) is 18.2 Å². The second-order valence-electron chi connectivity index (χ2n) is 9.66. The zero-order chi connectivity index (χ0) is 27.4. The van der Waals surface area contributed by atoms with E-state index in [1.165, 1.54) is 12.3 Å². The zero-order valence-corrected chi connectivity index (χ0v) is 23.2. The number of ketones is 1. The van der Waals surface area contributed by atoms with Crippen molar-refractivity contribution in [2.75, 3.05) is 32.6 Å². The number of aliphatic hydroxyl groups is 1. The van der Waals surface area contributed by atoms with E-state index in [4.69, 9.17) is 19.3 Å². The van der Waals surface area contributed by atoms with Gasteiger partial charge in [-0.3, -0.25) is 9.79 Å². The molecule has 12 heteroatoms. The van der Waals surface area contributed by atoms with E-state index in [0.29, 0.717) is 56.3 Å². The molecule has 1 unspecified atom stereocenters. The summed E-state index contributed by atoms with van der Waals surface area (Å²) in [5.41, 5.74) is 1.66. The Morgan fingerprint density at radius 1 is 1.21 bits per heavy atom. The first-order valence-electron chi connectivity index (χ1n) is 12.9. The molecule has 0 radical (unpaired) electrons. The molecule has 208 valence electrons. The number of nitrogens with one attached hydrogen (secondary N) is 1. The maximum atomic E-state index is 12.2. The number of thioether (sulfide) groups is 1. The van der Waals surface area contributed by atoms with E-state index >= 15 is 0 Å². The van der Waals surface area contributed by atoms with E-state index in [9.17, 15) is 13.2 Å². The summed E-state index contributed by atoms with van der Waals surface area (Å²) in [5, 5.41) is 10.7. The number of carbonyl (C=O) groups excluding carboxylic acids is 1. The number of carbonyl (C=O) groups is 1. The topological polar surface area (TPSA) is 140 Å². The van der Waals surface area contributed by atoms with Crippen LogP contribution in [-0.2, 0) is 19.4 Å². The molecule has 2 N–H and O–H groups in total. The molecule has 1 aromatic carbocycles. The fourth-order valence-electron chi connectivity index (χ4n) is 4.51. The Balaban J connectivity index is 1.39. The Bertz CT molecular complexity index is 1460. The summed E-state index contributed by atoms with van der Waals surface area (Å²) in [4.78, 5) is 24.3. The number of hydrogen-bond donors (Lipinski definition) is 2. The van der Waals surface area contributed by atoms with Gasteiger partial charge in [0.25, 0.3) is 0 Å². The fourth-order valence-corrected chi connectivity index (χ4v) is 6.19. The Morgan fingerprint density at radius 2 is 2.03 bits per heavy atom. The Hall–Kier alpha value is -2.93. The molecular formula is C27H31N3O7S2. The van der Waals surface area contributed by atoms with Crippen molar-refractivity contribution in [2.24, 2.45) is 4.99 Å². The molecule has 0 saturated carbocycles. The molecular weight excluding hydrogens is 542 g/mol. The second kappa shape index (κ2) is 12.1. The van der Waals surface area contributed by atoms with Gasteiger partial charge in [0.2, 0.25) is 0 Å². The van der Waals surface area contributed by atoms with Crippen molar-refractivity contribution in [1.82, 2.24) is 9.97 Å². The number of aromatic nitrogens is 2. The molecule has 4 heterocycles. The number of fused-ring (bicyclic) bond motifs is 1. The summed E-state index contributed by atoms with van der Waals surface area (Å²) in [6, 6.07) is 8.67. The molecule has 10 nitrogen and oxygen atoms in total. The van der Waals surface area contributed by atoms with Gasteiger partial charge in [0.1, 0.15) is 34.2 Å². The van der Waals surface area contributed by atoms with Crippen LogP contribution in [0.4, 0.5) is 0 Å². The average Bonchev–Trinajstić information content (AvgIpc) is 3.55. The van der Waals surface area contributed by atoms with E-state index in [1.54, 1.807) is 17.8 Å². The van der Waals surface area contributed by atoms with Gasteiger partial charge < -0.3 is 24.3 Å². The van der Waals surface area contributed by atoms with Crippen molar-refractivity contribution < 1.29 is 32.5 Å². The predicted molar refractivity (Wildman–Crippen MR) is 149 cm³/mol. The van der Waals surface area contributed by atoms with Crippen molar-refractivity contribution in [3.8, 4) is 17.2 Å². The highest BCUT2D eigenvalue weighted by Crippen LogP contribution is 2.37. The third kappa shape index (κ3) is 6.99. The summed E-state index contributed by atoms with van der Waals surface area (Å²) in [5.74, 6) is 1.71. The van der Waals surface area contributed by atoms with Crippen LogP contribution >= 0.6 is 11.8 Å². The van der Waals surface area contributed by atoms with Gasteiger partial charge in [-0.1, -0.05) is 11.8 Å². The molecule has 0 aliphatic carbocycles. The minimum absolute atomic E-state index is 0.00664. The number of pyridine rings is 1.